The standard InChI is InChI=1S/C11H17N3O4S/c1-7(2)14(3-4-15)11(18)12-5-9-13-8(6-19-9)10(16)17/h6-7,15H,3-5H2,1-2H3,(H,12,18)(H,16,17). The van der Waals surface area contributed by atoms with Crippen LogP contribution < -0.4 is 5.32 Å². The number of amides is 2. The third kappa shape index (κ3) is 4.49. The summed E-state index contributed by atoms with van der Waals surface area (Å²) < 4.78 is 0. The van der Waals surface area contributed by atoms with Crippen LogP contribution in [-0.4, -0.2) is 51.3 Å². The van der Waals surface area contributed by atoms with Crippen molar-refractivity contribution in [3.8, 4) is 0 Å². The lowest BCUT2D eigenvalue weighted by Gasteiger charge is -2.25. The maximum absolute atomic E-state index is 11.9. The van der Waals surface area contributed by atoms with Gasteiger partial charge in [0, 0.05) is 18.0 Å². The molecule has 2 amide bonds. The zero-order valence-corrected chi connectivity index (χ0v) is 11.6. The number of nitrogens with one attached hydrogen (secondary N) is 1. The summed E-state index contributed by atoms with van der Waals surface area (Å²) in [6.07, 6.45) is 0. The summed E-state index contributed by atoms with van der Waals surface area (Å²) in [6.45, 7) is 4.02. The molecule has 0 aliphatic carbocycles. The number of aromatic nitrogens is 1. The number of nitrogens with zero attached hydrogens (tertiary/aromatic N) is 2. The van der Waals surface area contributed by atoms with Gasteiger partial charge in [0.25, 0.3) is 0 Å². The number of carbonyl (C=O) groups is 2. The second kappa shape index (κ2) is 7.05. The van der Waals surface area contributed by atoms with E-state index in [1.54, 1.807) is 0 Å². The molecule has 1 rings (SSSR count). The van der Waals surface area contributed by atoms with Gasteiger partial charge >= 0.3 is 12.0 Å². The predicted molar refractivity (Wildman–Crippen MR) is 70.2 cm³/mol. The molecule has 19 heavy (non-hydrogen) atoms. The molecule has 106 valence electrons. The predicted octanol–water partition coefficient (Wildman–Crippen LogP) is 0.754. The van der Waals surface area contributed by atoms with Crippen molar-refractivity contribution in [3.63, 3.8) is 0 Å². The lowest BCUT2D eigenvalue weighted by atomic mass is 10.3. The molecule has 0 fully saturated rings. The number of aromatic carboxylic acids is 1. The fourth-order valence-electron chi connectivity index (χ4n) is 1.45. The molecule has 0 aliphatic heterocycles. The Morgan fingerprint density at radius 1 is 1.53 bits per heavy atom. The quantitative estimate of drug-likeness (QED) is 0.716. The van der Waals surface area contributed by atoms with Crippen molar-refractivity contribution in [2.75, 3.05) is 13.2 Å². The van der Waals surface area contributed by atoms with Gasteiger partial charge in [-0.05, 0) is 13.8 Å². The fraction of sp³-hybridized carbons (Fsp3) is 0.545. The number of rotatable bonds is 6. The zero-order valence-electron chi connectivity index (χ0n) is 10.8. The number of aliphatic hydroxyl groups excluding tert-OH is 1. The second-order valence-corrected chi connectivity index (χ2v) is 5.04. The van der Waals surface area contributed by atoms with E-state index in [9.17, 15) is 9.59 Å². The minimum atomic E-state index is -1.09. The smallest absolute Gasteiger partial charge is 0.355 e. The molecule has 0 aromatic carbocycles. The molecule has 0 aliphatic rings. The van der Waals surface area contributed by atoms with E-state index in [2.05, 4.69) is 10.3 Å². The summed E-state index contributed by atoms with van der Waals surface area (Å²) in [6, 6.07) is -0.339. The second-order valence-electron chi connectivity index (χ2n) is 4.10. The maximum atomic E-state index is 11.9. The van der Waals surface area contributed by atoms with E-state index in [1.807, 2.05) is 13.8 Å². The van der Waals surface area contributed by atoms with Crippen LogP contribution in [0.5, 0.6) is 0 Å². The molecule has 0 saturated carbocycles. The Bertz CT molecular complexity index is 447. The van der Waals surface area contributed by atoms with Crippen molar-refractivity contribution in [3.05, 3.63) is 16.1 Å². The van der Waals surface area contributed by atoms with E-state index in [0.717, 1.165) is 0 Å². The molecule has 0 bridgehead atoms. The number of aliphatic hydroxyl groups is 1. The van der Waals surface area contributed by atoms with Gasteiger partial charge in [0.2, 0.25) is 0 Å². The summed E-state index contributed by atoms with van der Waals surface area (Å²) >= 11 is 1.18. The highest BCUT2D eigenvalue weighted by atomic mass is 32.1. The molecular formula is C11H17N3O4S. The van der Waals surface area contributed by atoms with Crippen LogP contribution in [0.15, 0.2) is 5.38 Å². The molecule has 0 spiro atoms. The van der Waals surface area contributed by atoms with Crippen molar-refractivity contribution in [2.24, 2.45) is 0 Å². The van der Waals surface area contributed by atoms with Gasteiger partial charge in [-0.3, -0.25) is 0 Å². The highest BCUT2D eigenvalue weighted by molar-refractivity contribution is 7.09. The normalized spacial score (nSPS) is 10.5. The summed E-state index contributed by atoms with van der Waals surface area (Å²) in [5.74, 6) is -1.09. The van der Waals surface area contributed by atoms with Gasteiger partial charge in [0.15, 0.2) is 5.69 Å². The number of hydrogen-bond donors (Lipinski definition) is 3. The molecule has 0 unspecified atom stereocenters. The molecule has 1 aromatic heterocycles. The van der Waals surface area contributed by atoms with Gasteiger partial charge < -0.3 is 20.4 Å². The van der Waals surface area contributed by atoms with Gasteiger partial charge in [-0.1, -0.05) is 0 Å². The number of hydrogen-bond acceptors (Lipinski definition) is 5. The monoisotopic (exact) mass is 287 g/mol. The lowest BCUT2D eigenvalue weighted by molar-refractivity contribution is 0.0691. The van der Waals surface area contributed by atoms with Crippen LogP contribution in [0.1, 0.15) is 29.3 Å². The van der Waals surface area contributed by atoms with E-state index < -0.39 is 5.97 Å². The van der Waals surface area contributed by atoms with Crippen LogP contribution in [0.4, 0.5) is 4.79 Å². The minimum absolute atomic E-state index is 0.0228. The highest BCUT2D eigenvalue weighted by Crippen LogP contribution is 2.09. The Kier molecular flexibility index (Phi) is 5.71. The average Bonchev–Trinajstić information content (AvgIpc) is 2.81. The Hall–Kier alpha value is -1.67. The van der Waals surface area contributed by atoms with Gasteiger partial charge in [-0.25, -0.2) is 14.6 Å². The van der Waals surface area contributed by atoms with Gasteiger partial charge in [0.05, 0.1) is 13.2 Å². The van der Waals surface area contributed by atoms with Crippen LogP contribution in [0.25, 0.3) is 0 Å². The van der Waals surface area contributed by atoms with E-state index in [0.29, 0.717) is 5.01 Å². The maximum Gasteiger partial charge on any atom is 0.355 e. The van der Waals surface area contributed by atoms with Gasteiger partial charge in [0.1, 0.15) is 5.01 Å². The number of thiazole rings is 1. The SMILES string of the molecule is CC(C)N(CCO)C(=O)NCc1nc(C(=O)O)cs1. The van der Waals surface area contributed by atoms with Crippen molar-refractivity contribution in [2.45, 2.75) is 26.4 Å². The molecular weight excluding hydrogens is 270 g/mol. The first-order chi connectivity index (χ1) is 8.95. The summed E-state index contributed by atoms with van der Waals surface area (Å²) in [5.41, 5.74) is -0.0228. The van der Waals surface area contributed by atoms with Gasteiger partial charge in [-0.2, -0.15) is 0 Å². The third-order valence-corrected chi connectivity index (χ3v) is 3.24. The van der Waals surface area contributed by atoms with E-state index in [-0.39, 0.29) is 37.5 Å². The van der Waals surface area contributed by atoms with Gasteiger partial charge in [-0.15, -0.1) is 11.3 Å². The first-order valence-electron chi connectivity index (χ1n) is 5.78. The largest absolute Gasteiger partial charge is 0.476 e. The molecule has 1 aromatic rings. The molecule has 3 N–H and O–H groups in total. The first kappa shape index (κ1) is 15.4. The molecule has 0 atom stereocenters. The molecule has 0 saturated heterocycles. The van der Waals surface area contributed by atoms with Crippen molar-refractivity contribution in [1.29, 1.82) is 0 Å². The average molecular weight is 287 g/mol. The van der Waals surface area contributed by atoms with E-state index >= 15 is 0 Å². The molecule has 8 heteroatoms. The van der Waals surface area contributed by atoms with Crippen molar-refractivity contribution >= 4 is 23.3 Å². The zero-order chi connectivity index (χ0) is 14.4. The van der Waals surface area contributed by atoms with Crippen molar-refractivity contribution in [1.82, 2.24) is 15.2 Å². The van der Waals surface area contributed by atoms with Crippen molar-refractivity contribution < 1.29 is 19.8 Å². The minimum Gasteiger partial charge on any atom is -0.476 e. The van der Waals surface area contributed by atoms with Crippen LogP contribution in [0.3, 0.4) is 0 Å². The third-order valence-electron chi connectivity index (χ3n) is 2.39. The summed E-state index contributed by atoms with van der Waals surface area (Å²) in [7, 11) is 0. The van der Waals surface area contributed by atoms with Crippen LogP contribution in [-0.2, 0) is 6.54 Å². The Morgan fingerprint density at radius 3 is 2.68 bits per heavy atom. The Labute approximate surface area is 114 Å². The Morgan fingerprint density at radius 2 is 2.21 bits per heavy atom. The van der Waals surface area contributed by atoms with E-state index in [1.165, 1.54) is 21.6 Å². The molecule has 0 radical (unpaired) electrons. The molecule has 7 nitrogen and oxygen atoms in total. The number of urea groups is 1. The number of carboxylic acid groups (broad SMARTS) is 1. The van der Waals surface area contributed by atoms with Crippen LogP contribution in [0.2, 0.25) is 0 Å². The first-order valence-corrected chi connectivity index (χ1v) is 6.66. The topological polar surface area (TPSA) is 103 Å². The fourth-order valence-corrected chi connectivity index (χ4v) is 2.15. The number of carbonyl (C=O) groups excluding carboxylic acids is 1. The summed E-state index contributed by atoms with van der Waals surface area (Å²) in [5, 5.41) is 22.2. The molecule has 1 heterocycles. The van der Waals surface area contributed by atoms with Crippen LogP contribution >= 0.6 is 11.3 Å². The highest BCUT2D eigenvalue weighted by Gasteiger charge is 2.16. The van der Waals surface area contributed by atoms with E-state index in [4.69, 9.17) is 10.2 Å². The summed E-state index contributed by atoms with van der Waals surface area (Å²) in [4.78, 5) is 27.9. The Balaban J connectivity index is 2.54. The number of carboxylic acids is 1. The van der Waals surface area contributed by atoms with Crippen LogP contribution in [0, 0.1) is 0 Å². The lowest BCUT2D eigenvalue weighted by Crippen LogP contribution is -2.45.